The third-order valence-corrected chi connectivity index (χ3v) is 5.30. The van der Waals surface area contributed by atoms with Gasteiger partial charge in [0.1, 0.15) is 5.01 Å². The molecule has 3 rings (SSSR count). The van der Waals surface area contributed by atoms with Gasteiger partial charge in [-0.3, -0.25) is 0 Å². The van der Waals surface area contributed by atoms with Gasteiger partial charge in [0, 0.05) is 35.4 Å². The minimum atomic E-state index is 0.144. The van der Waals surface area contributed by atoms with E-state index < -0.39 is 0 Å². The topological polar surface area (TPSA) is 28.2 Å². The Morgan fingerprint density at radius 2 is 2.19 bits per heavy atom. The fourth-order valence-electron chi connectivity index (χ4n) is 2.86. The molecule has 0 aliphatic carbocycles. The standard InChI is InChI=1S/C17H23N3S/c1-4-17(3)12-20(10-16-19-13(2)11-21-16)15-8-6-5-7-14(15)9-18-17/h5-8,11,18H,4,9-10,12H2,1-3H3. The Bertz CT molecular complexity index is 622. The second-order valence-corrected chi connectivity index (χ2v) is 7.08. The average molecular weight is 301 g/mol. The highest BCUT2D eigenvalue weighted by atomic mass is 32.1. The Hall–Kier alpha value is -1.39. The molecule has 21 heavy (non-hydrogen) atoms. The second kappa shape index (κ2) is 5.78. The summed E-state index contributed by atoms with van der Waals surface area (Å²) in [5.41, 5.74) is 3.98. The van der Waals surface area contributed by atoms with E-state index in [0.29, 0.717) is 0 Å². The van der Waals surface area contributed by atoms with E-state index >= 15 is 0 Å². The van der Waals surface area contributed by atoms with E-state index in [1.54, 1.807) is 11.3 Å². The van der Waals surface area contributed by atoms with E-state index in [0.717, 1.165) is 31.7 Å². The van der Waals surface area contributed by atoms with E-state index in [1.165, 1.54) is 16.3 Å². The van der Waals surface area contributed by atoms with Crippen molar-refractivity contribution in [3.05, 3.63) is 45.9 Å². The van der Waals surface area contributed by atoms with Crippen LogP contribution in [0, 0.1) is 6.92 Å². The number of nitrogens with one attached hydrogen (secondary N) is 1. The maximum absolute atomic E-state index is 4.64. The lowest BCUT2D eigenvalue weighted by atomic mass is 9.98. The van der Waals surface area contributed by atoms with Gasteiger partial charge in [0.05, 0.1) is 6.54 Å². The van der Waals surface area contributed by atoms with Crippen LogP contribution in [0.25, 0.3) is 0 Å². The van der Waals surface area contributed by atoms with Crippen LogP contribution < -0.4 is 10.2 Å². The summed E-state index contributed by atoms with van der Waals surface area (Å²) >= 11 is 1.76. The van der Waals surface area contributed by atoms with Gasteiger partial charge in [-0.1, -0.05) is 25.1 Å². The van der Waals surface area contributed by atoms with Gasteiger partial charge in [-0.05, 0) is 31.9 Å². The average Bonchev–Trinajstić information content (AvgIpc) is 2.83. The van der Waals surface area contributed by atoms with Crippen molar-refractivity contribution in [1.29, 1.82) is 0 Å². The largest absolute Gasteiger partial charge is 0.363 e. The molecule has 112 valence electrons. The molecule has 1 N–H and O–H groups in total. The van der Waals surface area contributed by atoms with Crippen LogP contribution in [0.15, 0.2) is 29.6 Å². The molecule has 1 unspecified atom stereocenters. The van der Waals surface area contributed by atoms with Crippen molar-refractivity contribution < 1.29 is 0 Å². The number of benzene rings is 1. The highest BCUT2D eigenvalue weighted by molar-refractivity contribution is 7.09. The van der Waals surface area contributed by atoms with Crippen molar-refractivity contribution in [2.24, 2.45) is 0 Å². The highest BCUT2D eigenvalue weighted by Gasteiger charge is 2.29. The minimum Gasteiger partial charge on any atom is -0.363 e. The fourth-order valence-corrected chi connectivity index (χ4v) is 3.64. The van der Waals surface area contributed by atoms with E-state index in [9.17, 15) is 0 Å². The molecule has 0 spiro atoms. The summed E-state index contributed by atoms with van der Waals surface area (Å²) in [6, 6.07) is 8.72. The molecular formula is C17H23N3S. The van der Waals surface area contributed by atoms with Gasteiger partial charge in [0.15, 0.2) is 0 Å². The van der Waals surface area contributed by atoms with Gasteiger partial charge in [-0.25, -0.2) is 4.98 Å². The molecule has 1 aromatic carbocycles. The summed E-state index contributed by atoms with van der Waals surface area (Å²) in [7, 11) is 0. The SMILES string of the molecule is CCC1(C)CN(Cc2nc(C)cs2)c2ccccc2CN1. The van der Waals surface area contributed by atoms with Crippen LogP contribution in [0.3, 0.4) is 0 Å². The number of nitrogens with zero attached hydrogens (tertiary/aromatic N) is 2. The van der Waals surface area contributed by atoms with Gasteiger partial charge in [0.2, 0.25) is 0 Å². The number of anilines is 1. The van der Waals surface area contributed by atoms with Crippen molar-refractivity contribution in [3.63, 3.8) is 0 Å². The Morgan fingerprint density at radius 1 is 1.38 bits per heavy atom. The molecule has 2 aromatic rings. The third kappa shape index (κ3) is 3.11. The smallest absolute Gasteiger partial charge is 0.112 e. The Morgan fingerprint density at radius 3 is 2.90 bits per heavy atom. The second-order valence-electron chi connectivity index (χ2n) is 6.14. The minimum absolute atomic E-state index is 0.144. The number of hydrogen-bond acceptors (Lipinski definition) is 4. The van der Waals surface area contributed by atoms with Crippen LogP contribution in [-0.2, 0) is 13.1 Å². The molecule has 1 aliphatic heterocycles. The molecule has 1 aliphatic rings. The maximum Gasteiger partial charge on any atom is 0.112 e. The molecule has 0 radical (unpaired) electrons. The van der Waals surface area contributed by atoms with Crippen LogP contribution in [0.5, 0.6) is 0 Å². The van der Waals surface area contributed by atoms with Gasteiger partial charge < -0.3 is 10.2 Å². The number of aryl methyl sites for hydroxylation is 1. The van der Waals surface area contributed by atoms with Crippen molar-refractivity contribution >= 4 is 17.0 Å². The molecular weight excluding hydrogens is 278 g/mol. The van der Waals surface area contributed by atoms with Crippen molar-refractivity contribution in [2.75, 3.05) is 11.4 Å². The zero-order valence-corrected chi connectivity index (χ0v) is 13.8. The van der Waals surface area contributed by atoms with E-state index in [2.05, 4.69) is 65.6 Å². The lowest BCUT2D eigenvalue weighted by Crippen LogP contribution is -2.48. The first-order chi connectivity index (χ1) is 10.1. The zero-order chi connectivity index (χ0) is 14.9. The molecule has 2 heterocycles. The lowest BCUT2D eigenvalue weighted by Gasteiger charge is -2.33. The molecule has 1 atom stereocenters. The molecule has 0 bridgehead atoms. The monoisotopic (exact) mass is 301 g/mol. The number of para-hydroxylation sites is 1. The molecule has 4 heteroatoms. The number of thiazole rings is 1. The summed E-state index contributed by atoms with van der Waals surface area (Å²) < 4.78 is 0. The van der Waals surface area contributed by atoms with Crippen LogP contribution in [0.1, 0.15) is 36.5 Å². The molecule has 0 amide bonds. The van der Waals surface area contributed by atoms with Crippen LogP contribution in [-0.4, -0.2) is 17.1 Å². The first kappa shape index (κ1) is 14.5. The van der Waals surface area contributed by atoms with E-state index in [-0.39, 0.29) is 5.54 Å². The summed E-state index contributed by atoms with van der Waals surface area (Å²) in [5.74, 6) is 0. The van der Waals surface area contributed by atoms with Crippen molar-refractivity contribution in [1.82, 2.24) is 10.3 Å². The summed E-state index contributed by atoms with van der Waals surface area (Å²) in [6.45, 7) is 9.49. The van der Waals surface area contributed by atoms with Crippen LogP contribution in [0.2, 0.25) is 0 Å². The molecule has 1 aromatic heterocycles. The van der Waals surface area contributed by atoms with E-state index in [4.69, 9.17) is 0 Å². The number of fused-ring (bicyclic) bond motifs is 1. The first-order valence-corrected chi connectivity index (χ1v) is 8.46. The predicted octanol–water partition coefficient (Wildman–Crippen LogP) is 3.73. The number of hydrogen-bond donors (Lipinski definition) is 1. The van der Waals surface area contributed by atoms with Gasteiger partial charge >= 0.3 is 0 Å². The Balaban J connectivity index is 1.93. The van der Waals surface area contributed by atoms with Gasteiger partial charge in [-0.2, -0.15) is 0 Å². The third-order valence-electron chi connectivity index (χ3n) is 4.35. The van der Waals surface area contributed by atoms with Crippen LogP contribution in [0.4, 0.5) is 5.69 Å². The molecule has 0 saturated carbocycles. The zero-order valence-electron chi connectivity index (χ0n) is 13.0. The predicted molar refractivity (Wildman–Crippen MR) is 89.9 cm³/mol. The molecule has 0 saturated heterocycles. The van der Waals surface area contributed by atoms with Crippen LogP contribution >= 0.6 is 11.3 Å². The summed E-state index contributed by atoms with van der Waals surface area (Å²) in [6.07, 6.45) is 1.12. The van der Waals surface area contributed by atoms with Gasteiger partial charge in [-0.15, -0.1) is 11.3 Å². The first-order valence-electron chi connectivity index (χ1n) is 7.58. The number of aromatic nitrogens is 1. The summed E-state index contributed by atoms with van der Waals surface area (Å²) in [4.78, 5) is 7.12. The number of rotatable bonds is 3. The molecule has 3 nitrogen and oxygen atoms in total. The highest BCUT2D eigenvalue weighted by Crippen LogP contribution is 2.29. The fraction of sp³-hybridized carbons (Fsp3) is 0.471. The maximum atomic E-state index is 4.64. The van der Waals surface area contributed by atoms with Crippen molar-refractivity contribution in [3.8, 4) is 0 Å². The summed E-state index contributed by atoms with van der Waals surface area (Å²) in [5, 5.41) is 7.06. The molecule has 0 fully saturated rings. The van der Waals surface area contributed by atoms with E-state index in [1.807, 2.05) is 0 Å². The quantitative estimate of drug-likeness (QED) is 0.936. The Kier molecular flexibility index (Phi) is 4.00. The van der Waals surface area contributed by atoms with Gasteiger partial charge in [0.25, 0.3) is 0 Å². The Labute approximate surface area is 131 Å². The van der Waals surface area contributed by atoms with Crippen molar-refractivity contribution in [2.45, 2.75) is 45.8 Å². The lowest BCUT2D eigenvalue weighted by molar-refractivity contribution is 0.349. The normalized spacial score (nSPS) is 22.0.